The van der Waals surface area contributed by atoms with Crippen LogP contribution in [0.3, 0.4) is 0 Å². The number of nitrogens with zero attached hydrogens (tertiary/aromatic N) is 4. The summed E-state index contributed by atoms with van der Waals surface area (Å²) in [4.78, 5) is 14.4. The van der Waals surface area contributed by atoms with E-state index in [9.17, 15) is 0 Å². The van der Waals surface area contributed by atoms with Gasteiger partial charge in [-0.1, -0.05) is 12.8 Å². The number of piperidine rings is 1. The SMILES string of the molecule is CN(C)CCC1CCN(c2nc(N)nc3c2CCCC32CCCC2)CC1. The molecule has 2 fully saturated rings. The van der Waals surface area contributed by atoms with Crippen LogP contribution in [0.4, 0.5) is 11.8 Å². The van der Waals surface area contributed by atoms with E-state index in [0.29, 0.717) is 11.4 Å². The van der Waals surface area contributed by atoms with Crippen LogP contribution in [0.5, 0.6) is 0 Å². The van der Waals surface area contributed by atoms with Crippen LogP contribution in [-0.4, -0.2) is 48.6 Å². The van der Waals surface area contributed by atoms with Crippen molar-refractivity contribution >= 4 is 11.8 Å². The number of rotatable bonds is 4. The summed E-state index contributed by atoms with van der Waals surface area (Å²) in [5.41, 5.74) is 9.25. The number of nitrogens with two attached hydrogens (primary N) is 1. The van der Waals surface area contributed by atoms with Crippen molar-refractivity contribution in [3.05, 3.63) is 11.3 Å². The molecule has 1 aromatic rings. The minimum absolute atomic E-state index is 0.309. The van der Waals surface area contributed by atoms with E-state index in [1.165, 1.54) is 81.4 Å². The van der Waals surface area contributed by atoms with Crippen LogP contribution >= 0.6 is 0 Å². The minimum Gasteiger partial charge on any atom is -0.368 e. The second kappa shape index (κ2) is 7.34. The second-order valence-electron chi connectivity index (χ2n) is 9.10. The zero-order valence-corrected chi connectivity index (χ0v) is 16.6. The summed E-state index contributed by atoms with van der Waals surface area (Å²) >= 11 is 0. The molecule has 3 aliphatic rings. The number of nitrogen functional groups attached to an aromatic ring is 1. The quantitative estimate of drug-likeness (QED) is 0.895. The lowest BCUT2D eigenvalue weighted by atomic mass is 9.71. The van der Waals surface area contributed by atoms with Crippen molar-refractivity contribution in [2.75, 3.05) is 44.4 Å². The molecule has 1 spiro atoms. The average Bonchev–Trinajstić information content (AvgIpc) is 3.10. The van der Waals surface area contributed by atoms with Crippen LogP contribution < -0.4 is 10.6 Å². The van der Waals surface area contributed by atoms with Gasteiger partial charge >= 0.3 is 0 Å². The summed E-state index contributed by atoms with van der Waals surface area (Å²) < 4.78 is 0. The molecule has 0 aromatic carbocycles. The van der Waals surface area contributed by atoms with Gasteiger partial charge in [-0.15, -0.1) is 0 Å². The topological polar surface area (TPSA) is 58.3 Å². The van der Waals surface area contributed by atoms with Crippen LogP contribution in [0.25, 0.3) is 0 Å². The molecule has 0 atom stereocenters. The maximum atomic E-state index is 6.19. The van der Waals surface area contributed by atoms with Gasteiger partial charge in [-0.2, -0.15) is 4.98 Å². The molecule has 1 aliphatic heterocycles. The second-order valence-corrected chi connectivity index (χ2v) is 9.10. The molecule has 0 radical (unpaired) electrons. The summed E-state index contributed by atoms with van der Waals surface area (Å²) in [7, 11) is 4.34. The highest BCUT2D eigenvalue weighted by Gasteiger charge is 2.42. The normalized spacial score (nSPS) is 23.0. The average molecular weight is 358 g/mol. The van der Waals surface area contributed by atoms with E-state index < -0.39 is 0 Å². The Labute approximate surface area is 158 Å². The highest BCUT2D eigenvalue weighted by atomic mass is 15.2. The van der Waals surface area contributed by atoms with Crippen LogP contribution in [0, 0.1) is 5.92 Å². The predicted molar refractivity (Wildman–Crippen MR) is 108 cm³/mol. The Kier molecular flexibility index (Phi) is 5.09. The van der Waals surface area contributed by atoms with E-state index in [0.717, 1.165) is 25.4 Å². The number of anilines is 2. The fourth-order valence-electron chi connectivity index (χ4n) is 5.55. The lowest BCUT2D eigenvalue weighted by Crippen LogP contribution is -2.38. The molecule has 2 heterocycles. The number of fused-ring (bicyclic) bond motifs is 2. The summed E-state index contributed by atoms with van der Waals surface area (Å²) in [6.45, 7) is 3.44. The first-order valence-electron chi connectivity index (χ1n) is 10.6. The summed E-state index contributed by atoms with van der Waals surface area (Å²) in [6.07, 6.45) is 12.8. The van der Waals surface area contributed by atoms with Gasteiger partial charge in [0.2, 0.25) is 5.95 Å². The Morgan fingerprint density at radius 2 is 1.77 bits per heavy atom. The molecule has 5 heteroatoms. The Morgan fingerprint density at radius 1 is 1.08 bits per heavy atom. The number of aromatic nitrogens is 2. The molecule has 0 bridgehead atoms. The van der Waals surface area contributed by atoms with Gasteiger partial charge in [-0.05, 0) is 77.9 Å². The van der Waals surface area contributed by atoms with Crippen LogP contribution in [0.1, 0.15) is 69.0 Å². The van der Waals surface area contributed by atoms with Crippen LogP contribution in [0.15, 0.2) is 0 Å². The van der Waals surface area contributed by atoms with Crippen LogP contribution in [0.2, 0.25) is 0 Å². The van der Waals surface area contributed by atoms with Gasteiger partial charge in [0.15, 0.2) is 0 Å². The largest absolute Gasteiger partial charge is 0.368 e. The standard InChI is InChI=1S/C21H35N5/c1-25(2)13-7-16-8-14-26(15-9-16)19-17-6-5-12-21(10-3-4-11-21)18(17)23-20(22)24-19/h16H,3-15H2,1-2H3,(H2,22,23,24). The molecule has 5 nitrogen and oxygen atoms in total. The van der Waals surface area contributed by atoms with Gasteiger partial charge < -0.3 is 15.5 Å². The third kappa shape index (κ3) is 3.42. The lowest BCUT2D eigenvalue weighted by Gasteiger charge is -2.39. The van der Waals surface area contributed by atoms with Crippen molar-refractivity contribution in [2.45, 2.75) is 69.6 Å². The van der Waals surface area contributed by atoms with Gasteiger partial charge in [0.05, 0.1) is 5.69 Å². The molecule has 1 aromatic heterocycles. The summed E-state index contributed by atoms with van der Waals surface area (Å²) in [5.74, 6) is 2.51. The maximum Gasteiger partial charge on any atom is 0.222 e. The van der Waals surface area contributed by atoms with Crippen molar-refractivity contribution in [3.8, 4) is 0 Å². The maximum absolute atomic E-state index is 6.19. The van der Waals surface area contributed by atoms with Gasteiger partial charge in [0.1, 0.15) is 5.82 Å². The third-order valence-corrected chi connectivity index (χ3v) is 7.05. The van der Waals surface area contributed by atoms with E-state index in [-0.39, 0.29) is 0 Å². The van der Waals surface area contributed by atoms with Crippen molar-refractivity contribution < 1.29 is 0 Å². The van der Waals surface area contributed by atoms with E-state index >= 15 is 0 Å². The highest BCUT2D eigenvalue weighted by Crippen LogP contribution is 2.49. The molecular formula is C21H35N5. The minimum atomic E-state index is 0.309. The van der Waals surface area contributed by atoms with Gasteiger partial charge in [0, 0.05) is 24.1 Å². The summed E-state index contributed by atoms with van der Waals surface area (Å²) in [5, 5.41) is 0. The zero-order valence-electron chi connectivity index (χ0n) is 16.6. The van der Waals surface area contributed by atoms with Gasteiger partial charge in [0.25, 0.3) is 0 Å². The molecule has 1 saturated carbocycles. The Bertz CT molecular complexity index is 628. The first kappa shape index (κ1) is 18.0. The highest BCUT2D eigenvalue weighted by molar-refractivity contribution is 5.55. The van der Waals surface area contributed by atoms with E-state index in [1.807, 2.05) is 0 Å². The van der Waals surface area contributed by atoms with E-state index in [1.54, 1.807) is 0 Å². The molecule has 144 valence electrons. The number of hydrogen-bond acceptors (Lipinski definition) is 5. The molecule has 2 N–H and O–H groups in total. The zero-order chi connectivity index (χ0) is 18.1. The van der Waals surface area contributed by atoms with Crippen molar-refractivity contribution in [1.82, 2.24) is 14.9 Å². The molecule has 26 heavy (non-hydrogen) atoms. The Morgan fingerprint density at radius 3 is 2.46 bits per heavy atom. The fraction of sp³-hybridized carbons (Fsp3) is 0.810. The molecule has 2 aliphatic carbocycles. The Hall–Kier alpha value is -1.36. The first-order valence-corrected chi connectivity index (χ1v) is 10.6. The first-order chi connectivity index (χ1) is 12.6. The predicted octanol–water partition coefficient (Wildman–Crippen LogP) is 3.38. The monoisotopic (exact) mass is 357 g/mol. The van der Waals surface area contributed by atoms with Crippen LogP contribution in [-0.2, 0) is 11.8 Å². The summed E-state index contributed by atoms with van der Waals surface area (Å²) in [6, 6.07) is 0. The Balaban J connectivity index is 1.54. The van der Waals surface area contributed by atoms with Crippen molar-refractivity contribution in [1.29, 1.82) is 0 Å². The molecule has 0 unspecified atom stereocenters. The molecular weight excluding hydrogens is 322 g/mol. The lowest BCUT2D eigenvalue weighted by molar-refractivity contribution is 0.312. The van der Waals surface area contributed by atoms with Crippen molar-refractivity contribution in [2.24, 2.45) is 5.92 Å². The van der Waals surface area contributed by atoms with E-state index in [2.05, 4.69) is 23.9 Å². The fourth-order valence-corrected chi connectivity index (χ4v) is 5.55. The molecule has 0 amide bonds. The molecule has 4 rings (SSSR count). The van der Waals surface area contributed by atoms with Crippen molar-refractivity contribution in [3.63, 3.8) is 0 Å². The number of hydrogen-bond donors (Lipinski definition) is 1. The van der Waals surface area contributed by atoms with E-state index in [4.69, 9.17) is 15.7 Å². The van der Waals surface area contributed by atoms with Gasteiger partial charge in [-0.3, -0.25) is 0 Å². The third-order valence-electron chi connectivity index (χ3n) is 7.05. The smallest absolute Gasteiger partial charge is 0.222 e. The van der Waals surface area contributed by atoms with Gasteiger partial charge in [-0.25, -0.2) is 4.98 Å². The molecule has 1 saturated heterocycles.